The van der Waals surface area contributed by atoms with Crippen molar-refractivity contribution < 1.29 is 0 Å². The van der Waals surface area contributed by atoms with Crippen LogP contribution in [-0.2, 0) is 0 Å². The first-order valence-electron chi connectivity index (χ1n) is 13.0. The molecule has 5 rings (SSSR count). The van der Waals surface area contributed by atoms with E-state index in [0.717, 1.165) is 0 Å². The summed E-state index contributed by atoms with van der Waals surface area (Å²) >= 11 is 0. The normalized spacial score (nSPS) is 17.7. The maximum Gasteiger partial charge on any atom is 0.0459 e. The molecule has 0 aliphatic heterocycles. The Kier molecular flexibility index (Phi) is 6.39. The Bertz CT molecular complexity index is 1080. The molecule has 0 bridgehead atoms. The van der Waals surface area contributed by atoms with Crippen molar-refractivity contribution in [3.8, 4) is 0 Å². The van der Waals surface area contributed by atoms with Gasteiger partial charge in [0.2, 0.25) is 0 Å². The van der Waals surface area contributed by atoms with Gasteiger partial charge in [-0.3, -0.25) is 0 Å². The highest BCUT2D eigenvalue weighted by molar-refractivity contribution is 5.91. The maximum atomic E-state index is 3.92. The number of H-pyrrole nitrogens is 2. The molecule has 0 saturated heterocycles. The van der Waals surface area contributed by atoms with Crippen LogP contribution in [0.15, 0.2) is 48.5 Å². The number of unbranched alkanes of at least 4 members (excludes halogenated alkanes) is 6. The standard InChI is InChI=1S/C30H38N2/c1-3-5-7-9-17-23-27-21-15-11-13-19-25(21)32-30(27)24(18-10-8-6-4-2)28-22-16-12-14-20-26(22)31-29(23)28/h11-16,19-20,23-24,31-32H,3-10,17-18H2,1-2H3. The van der Waals surface area contributed by atoms with Crippen LogP contribution in [0.4, 0.5) is 0 Å². The summed E-state index contributed by atoms with van der Waals surface area (Å²) < 4.78 is 0. The Morgan fingerprint density at radius 3 is 1.44 bits per heavy atom. The van der Waals surface area contributed by atoms with Crippen molar-refractivity contribution in [3.63, 3.8) is 0 Å². The van der Waals surface area contributed by atoms with Gasteiger partial charge in [-0.15, -0.1) is 0 Å². The maximum absolute atomic E-state index is 3.92. The third-order valence-corrected chi connectivity index (χ3v) is 7.64. The first kappa shape index (κ1) is 21.4. The first-order valence-corrected chi connectivity index (χ1v) is 13.0. The van der Waals surface area contributed by atoms with Crippen LogP contribution in [0.2, 0.25) is 0 Å². The molecule has 2 aromatic heterocycles. The summed E-state index contributed by atoms with van der Waals surface area (Å²) in [5, 5.41) is 2.87. The van der Waals surface area contributed by atoms with E-state index in [1.165, 1.54) is 97.4 Å². The van der Waals surface area contributed by atoms with Crippen LogP contribution in [0, 0.1) is 0 Å². The van der Waals surface area contributed by atoms with Crippen molar-refractivity contribution in [2.24, 2.45) is 0 Å². The zero-order valence-electron chi connectivity index (χ0n) is 19.8. The third-order valence-electron chi connectivity index (χ3n) is 7.64. The van der Waals surface area contributed by atoms with Crippen molar-refractivity contribution in [1.82, 2.24) is 9.97 Å². The quantitative estimate of drug-likeness (QED) is 0.237. The predicted octanol–water partition coefficient (Wildman–Crippen LogP) is 9.17. The molecule has 32 heavy (non-hydrogen) atoms. The lowest BCUT2D eigenvalue weighted by molar-refractivity contribution is 0.546. The zero-order valence-corrected chi connectivity index (χ0v) is 19.8. The average Bonchev–Trinajstić information content (AvgIpc) is 3.39. The molecule has 168 valence electrons. The van der Waals surface area contributed by atoms with E-state index in [9.17, 15) is 0 Å². The second kappa shape index (κ2) is 9.57. The van der Waals surface area contributed by atoms with Crippen molar-refractivity contribution in [1.29, 1.82) is 0 Å². The number of hydrogen-bond acceptors (Lipinski definition) is 0. The van der Waals surface area contributed by atoms with E-state index in [1.54, 1.807) is 11.1 Å². The van der Waals surface area contributed by atoms with E-state index in [2.05, 4.69) is 72.3 Å². The number of para-hydroxylation sites is 2. The minimum Gasteiger partial charge on any atom is -0.358 e. The molecule has 0 radical (unpaired) electrons. The largest absolute Gasteiger partial charge is 0.358 e. The van der Waals surface area contributed by atoms with Crippen molar-refractivity contribution in [2.45, 2.75) is 89.9 Å². The van der Waals surface area contributed by atoms with Crippen LogP contribution in [0.25, 0.3) is 21.8 Å². The molecule has 0 spiro atoms. The van der Waals surface area contributed by atoms with E-state index in [4.69, 9.17) is 0 Å². The molecule has 2 atom stereocenters. The summed E-state index contributed by atoms with van der Waals surface area (Å²) in [6.45, 7) is 4.61. The van der Waals surface area contributed by atoms with Crippen molar-refractivity contribution >= 4 is 21.8 Å². The summed E-state index contributed by atoms with van der Waals surface area (Å²) in [6, 6.07) is 18.0. The number of nitrogens with one attached hydrogen (secondary N) is 2. The molecular formula is C30H38N2. The van der Waals surface area contributed by atoms with E-state index in [-0.39, 0.29) is 0 Å². The lowest BCUT2D eigenvalue weighted by atomic mass is 9.74. The second-order valence-corrected chi connectivity index (χ2v) is 9.80. The summed E-state index contributed by atoms with van der Waals surface area (Å²) in [7, 11) is 0. The lowest BCUT2D eigenvalue weighted by Gasteiger charge is -2.30. The Labute approximate surface area is 192 Å². The van der Waals surface area contributed by atoms with E-state index < -0.39 is 0 Å². The fraction of sp³-hybridized carbons (Fsp3) is 0.467. The van der Waals surface area contributed by atoms with Gasteiger partial charge in [-0.25, -0.2) is 0 Å². The highest BCUT2D eigenvalue weighted by atomic mass is 14.8. The SMILES string of the molecule is CCCCCCC1c2[nH]c3ccccc3c2C(CCCCCC)c2[nH]c3ccccc3c21. The first-order chi connectivity index (χ1) is 15.8. The Balaban J connectivity index is 1.63. The number of fused-ring (bicyclic) bond motifs is 6. The number of hydrogen-bond donors (Lipinski definition) is 2. The van der Waals surface area contributed by atoms with Gasteiger partial charge in [-0.1, -0.05) is 102 Å². The molecule has 0 amide bonds. The molecule has 0 fully saturated rings. The smallest absolute Gasteiger partial charge is 0.0459 e. The van der Waals surface area contributed by atoms with E-state index >= 15 is 0 Å². The molecule has 1 aliphatic carbocycles. The fourth-order valence-electron chi connectivity index (χ4n) is 6.09. The van der Waals surface area contributed by atoms with Gasteiger partial charge in [0.25, 0.3) is 0 Å². The van der Waals surface area contributed by atoms with Crippen LogP contribution in [-0.4, -0.2) is 9.97 Å². The van der Waals surface area contributed by atoms with E-state index in [1.807, 2.05) is 0 Å². The minimum absolute atomic E-state index is 0.465. The highest BCUT2D eigenvalue weighted by Crippen LogP contribution is 2.51. The molecular weight excluding hydrogens is 388 g/mol. The Hall–Kier alpha value is -2.48. The van der Waals surface area contributed by atoms with Gasteiger partial charge in [0.1, 0.15) is 0 Å². The van der Waals surface area contributed by atoms with Crippen LogP contribution < -0.4 is 0 Å². The van der Waals surface area contributed by atoms with Gasteiger partial charge in [-0.05, 0) is 36.1 Å². The van der Waals surface area contributed by atoms with Gasteiger partial charge >= 0.3 is 0 Å². The molecule has 1 aliphatic rings. The molecule has 2 unspecified atom stereocenters. The molecule has 2 aromatic carbocycles. The van der Waals surface area contributed by atoms with Crippen LogP contribution in [0.1, 0.15) is 112 Å². The van der Waals surface area contributed by atoms with Crippen molar-refractivity contribution in [3.05, 3.63) is 71.0 Å². The van der Waals surface area contributed by atoms with Gasteiger partial charge in [0, 0.05) is 45.0 Å². The zero-order chi connectivity index (χ0) is 21.9. The Morgan fingerprint density at radius 2 is 1.00 bits per heavy atom. The van der Waals surface area contributed by atoms with Crippen LogP contribution in [0.5, 0.6) is 0 Å². The molecule has 0 saturated carbocycles. The summed E-state index contributed by atoms with van der Waals surface area (Å²) in [5.74, 6) is 0.930. The number of rotatable bonds is 10. The van der Waals surface area contributed by atoms with Crippen molar-refractivity contribution in [2.75, 3.05) is 0 Å². The summed E-state index contributed by atoms with van der Waals surface area (Å²) in [6.07, 6.45) is 13.0. The molecule has 2 N–H and O–H groups in total. The third kappa shape index (κ3) is 3.78. The number of aromatic nitrogens is 2. The number of benzene rings is 2. The second-order valence-electron chi connectivity index (χ2n) is 9.80. The monoisotopic (exact) mass is 426 g/mol. The molecule has 2 heteroatoms. The predicted molar refractivity (Wildman–Crippen MR) is 138 cm³/mol. The topological polar surface area (TPSA) is 31.6 Å². The van der Waals surface area contributed by atoms with Gasteiger partial charge in [0.15, 0.2) is 0 Å². The van der Waals surface area contributed by atoms with Gasteiger partial charge in [0.05, 0.1) is 0 Å². The fourth-order valence-corrected chi connectivity index (χ4v) is 6.09. The highest BCUT2D eigenvalue weighted by Gasteiger charge is 2.37. The summed E-state index contributed by atoms with van der Waals surface area (Å²) in [5.41, 5.74) is 8.78. The Morgan fingerprint density at radius 1 is 0.562 bits per heavy atom. The van der Waals surface area contributed by atoms with Gasteiger partial charge in [-0.2, -0.15) is 0 Å². The van der Waals surface area contributed by atoms with Crippen LogP contribution >= 0.6 is 0 Å². The van der Waals surface area contributed by atoms with E-state index in [0.29, 0.717) is 11.8 Å². The molecule has 2 heterocycles. The minimum atomic E-state index is 0.465. The molecule has 2 nitrogen and oxygen atoms in total. The van der Waals surface area contributed by atoms with Crippen LogP contribution in [0.3, 0.4) is 0 Å². The van der Waals surface area contributed by atoms with Gasteiger partial charge < -0.3 is 9.97 Å². The average molecular weight is 427 g/mol. The summed E-state index contributed by atoms with van der Waals surface area (Å²) in [4.78, 5) is 7.84. The lowest BCUT2D eigenvalue weighted by Crippen LogP contribution is -2.18. The molecule has 4 aromatic rings. The number of aromatic amines is 2.